The van der Waals surface area contributed by atoms with E-state index < -0.39 is 6.09 Å². The van der Waals surface area contributed by atoms with E-state index in [2.05, 4.69) is 5.32 Å². The first-order valence-electron chi connectivity index (χ1n) is 11.0. The molecule has 1 aromatic carbocycles. The van der Waals surface area contributed by atoms with Crippen molar-refractivity contribution < 1.29 is 14.3 Å². The van der Waals surface area contributed by atoms with Crippen LogP contribution in [0.15, 0.2) is 23.0 Å². The van der Waals surface area contributed by atoms with E-state index in [4.69, 9.17) is 26.1 Å². The molecule has 2 heterocycles. The predicted molar refractivity (Wildman–Crippen MR) is 130 cm³/mol. The molecule has 1 unspecified atom stereocenters. The number of nitrogens with zero attached hydrogens (tertiary/aromatic N) is 4. The van der Waals surface area contributed by atoms with Crippen LogP contribution in [0.2, 0.25) is 5.02 Å². The Morgan fingerprint density at radius 2 is 2.03 bits per heavy atom. The van der Waals surface area contributed by atoms with Gasteiger partial charge in [0.2, 0.25) is 0 Å². The highest BCUT2D eigenvalue weighted by Crippen LogP contribution is 2.31. The number of rotatable bonds is 7. The van der Waals surface area contributed by atoms with Gasteiger partial charge in [-0.1, -0.05) is 11.6 Å². The summed E-state index contributed by atoms with van der Waals surface area (Å²) < 4.78 is 12.3. The van der Waals surface area contributed by atoms with E-state index in [0.29, 0.717) is 54.0 Å². The minimum atomic E-state index is -0.420. The normalized spacial score (nSPS) is 17.8. The molecule has 1 saturated heterocycles. The van der Waals surface area contributed by atoms with E-state index >= 15 is 0 Å². The molecule has 1 amide bonds. The van der Waals surface area contributed by atoms with E-state index in [-0.39, 0.29) is 17.7 Å². The molecule has 0 spiro atoms. The summed E-state index contributed by atoms with van der Waals surface area (Å²) in [7, 11) is 5.23. The van der Waals surface area contributed by atoms with E-state index in [0.717, 1.165) is 5.69 Å². The zero-order valence-corrected chi connectivity index (χ0v) is 20.8. The molecule has 3 rings (SSSR count). The van der Waals surface area contributed by atoms with Crippen molar-refractivity contribution in [2.75, 3.05) is 51.1 Å². The Kier molecular flexibility index (Phi) is 7.86. The highest BCUT2D eigenvalue weighted by molar-refractivity contribution is 6.33. The molecule has 1 aromatic heterocycles. The van der Waals surface area contributed by atoms with Gasteiger partial charge in [-0.05, 0) is 39.0 Å². The van der Waals surface area contributed by atoms with Gasteiger partial charge in [0.1, 0.15) is 11.5 Å². The monoisotopic (exact) mass is 477 g/mol. The summed E-state index contributed by atoms with van der Waals surface area (Å²) in [6.45, 7) is 7.25. The highest BCUT2D eigenvalue weighted by atomic mass is 35.5. The molecule has 0 aliphatic carbocycles. The fourth-order valence-electron chi connectivity index (χ4n) is 4.05. The second-order valence-corrected chi connectivity index (χ2v) is 8.53. The third kappa shape index (κ3) is 5.09. The van der Waals surface area contributed by atoms with Crippen LogP contribution in [0.1, 0.15) is 19.5 Å². The zero-order chi connectivity index (χ0) is 24.3. The molecule has 0 saturated carbocycles. The fraction of sp³-hybridized carbons (Fsp3) is 0.522. The molecule has 9 nitrogen and oxygen atoms in total. The topological polar surface area (TPSA) is 88.9 Å². The number of nitrogens with one attached hydrogen (secondary N) is 1. The number of carbonyl (C=O) groups excluding carboxylic acids is 1. The highest BCUT2D eigenvalue weighted by Gasteiger charge is 2.37. The van der Waals surface area contributed by atoms with Gasteiger partial charge in [-0.15, -0.1) is 0 Å². The van der Waals surface area contributed by atoms with Crippen molar-refractivity contribution in [3.63, 3.8) is 0 Å². The van der Waals surface area contributed by atoms with Crippen LogP contribution in [0.5, 0.6) is 0 Å². The van der Waals surface area contributed by atoms with E-state index in [9.17, 15) is 9.59 Å². The van der Waals surface area contributed by atoms with Gasteiger partial charge in [0, 0.05) is 45.0 Å². The SMILES string of the molecule is CCO[C@H]1CN(C(=O)OC)CC1Nc1c(C)nc(-c2ccc(N(C)C)cc2Cl)n(CC)c1=O. The Balaban J connectivity index is 1.99. The van der Waals surface area contributed by atoms with E-state index in [1.807, 2.05) is 51.0 Å². The molecule has 2 aromatic rings. The number of methoxy groups -OCH3 is 1. The Morgan fingerprint density at radius 3 is 2.61 bits per heavy atom. The van der Waals surface area contributed by atoms with Gasteiger partial charge < -0.3 is 24.6 Å². The van der Waals surface area contributed by atoms with Crippen LogP contribution in [0, 0.1) is 6.92 Å². The number of likely N-dealkylation sites (tertiary alicyclic amines) is 1. The van der Waals surface area contributed by atoms with Crippen LogP contribution in [0.3, 0.4) is 0 Å². The van der Waals surface area contributed by atoms with Crippen molar-refractivity contribution in [2.24, 2.45) is 0 Å². The van der Waals surface area contributed by atoms with Gasteiger partial charge in [-0.2, -0.15) is 0 Å². The van der Waals surface area contributed by atoms with Gasteiger partial charge in [0.25, 0.3) is 5.56 Å². The molecule has 33 heavy (non-hydrogen) atoms. The average molecular weight is 478 g/mol. The summed E-state index contributed by atoms with van der Waals surface area (Å²) in [5.74, 6) is 0.518. The Labute approximate surface area is 199 Å². The number of hydrogen-bond donors (Lipinski definition) is 1. The first-order valence-corrected chi connectivity index (χ1v) is 11.4. The van der Waals surface area contributed by atoms with Crippen molar-refractivity contribution in [3.05, 3.63) is 39.3 Å². The standard InChI is InChI=1S/C23H32ClN5O4/c1-7-29-21(16-10-9-15(27(4)5)11-17(16)24)25-14(3)20(22(29)30)26-18-12-28(23(31)32-6)13-19(18)33-8-2/h9-11,18-19,26H,7-8,12-13H2,1-6H3/t18?,19-/m0/s1. The van der Waals surface area contributed by atoms with Crippen molar-refractivity contribution in [1.29, 1.82) is 0 Å². The molecule has 0 radical (unpaired) electrons. The number of benzene rings is 1. The van der Waals surface area contributed by atoms with Gasteiger partial charge in [-0.3, -0.25) is 9.36 Å². The zero-order valence-electron chi connectivity index (χ0n) is 20.0. The maximum atomic E-state index is 13.5. The van der Waals surface area contributed by atoms with E-state index in [1.165, 1.54) is 7.11 Å². The van der Waals surface area contributed by atoms with Crippen molar-refractivity contribution in [3.8, 4) is 11.4 Å². The van der Waals surface area contributed by atoms with Crippen molar-refractivity contribution in [2.45, 2.75) is 39.5 Å². The smallest absolute Gasteiger partial charge is 0.409 e. The maximum absolute atomic E-state index is 13.5. The van der Waals surface area contributed by atoms with Gasteiger partial charge in [-0.25, -0.2) is 9.78 Å². The first kappa shape index (κ1) is 24.9. The second-order valence-electron chi connectivity index (χ2n) is 8.12. The molecule has 1 fully saturated rings. The molecule has 0 bridgehead atoms. The number of hydrogen-bond acceptors (Lipinski definition) is 7. The van der Waals surface area contributed by atoms with Crippen LogP contribution in [-0.2, 0) is 16.0 Å². The van der Waals surface area contributed by atoms with Crippen molar-refractivity contribution in [1.82, 2.24) is 14.5 Å². The lowest BCUT2D eigenvalue weighted by atomic mass is 10.1. The quantitative estimate of drug-likeness (QED) is 0.654. The largest absolute Gasteiger partial charge is 0.453 e. The predicted octanol–water partition coefficient (Wildman–Crippen LogP) is 3.23. The molecule has 10 heteroatoms. The summed E-state index contributed by atoms with van der Waals surface area (Å²) in [4.78, 5) is 33.8. The number of aromatic nitrogens is 2. The molecule has 1 N–H and O–H groups in total. The number of amides is 1. The molecule has 1 aliphatic heterocycles. The lowest BCUT2D eigenvalue weighted by Gasteiger charge is -2.23. The minimum absolute atomic E-state index is 0.195. The van der Waals surface area contributed by atoms with E-state index in [1.54, 1.807) is 16.4 Å². The van der Waals surface area contributed by atoms with Crippen molar-refractivity contribution >= 4 is 29.1 Å². The lowest BCUT2D eigenvalue weighted by Crippen LogP contribution is -2.38. The third-order valence-electron chi connectivity index (χ3n) is 5.79. The first-order chi connectivity index (χ1) is 15.7. The molecule has 2 atom stereocenters. The number of anilines is 2. The molecular weight excluding hydrogens is 446 g/mol. The van der Waals surface area contributed by atoms with Gasteiger partial charge in [0.05, 0.1) is 36.5 Å². The Morgan fingerprint density at radius 1 is 1.30 bits per heavy atom. The number of ether oxygens (including phenoxy) is 2. The van der Waals surface area contributed by atoms with Gasteiger partial charge >= 0.3 is 6.09 Å². The van der Waals surface area contributed by atoms with Crippen LogP contribution in [0.25, 0.3) is 11.4 Å². The number of aryl methyl sites for hydroxylation is 1. The number of halogens is 1. The second kappa shape index (κ2) is 10.4. The maximum Gasteiger partial charge on any atom is 0.409 e. The lowest BCUT2D eigenvalue weighted by molar-refractivity contribution is 0.0614. The average Bonchev–Trinajstić information content (AvgIpc) is 3.18. The summed E-state index contributed by atoms with van der Waals surface area (Å²) in [6, 6.07) is 5.42. The van der Waals surface area contributed by atoms with Gasteiger partial charge in [0.15, 0.2) is 0 Å². The minimum Gasteiger partial charge on any atom is -0.453 e. The summed E-state index contributed by atoms with van der Waals surface area (Å²) in [5.41, 5.74) is 2.41. The van der Waals surface area contributed by atoms with Crippen LogP contribution >= 0.6 is 11.6 Å². The summed E-state index contributed by atoms with van der Waals surface area (Å²) in [5, 5.41) is 3.83. The Bertz CT molecular complexity index is 1070. The number of carbonyl (C=O) groups is 1. The van der Waals surface area contributed by atoms with Crippen LogP contribution in [0.4, 0.5) is 16.2 Å². The van der Waals surface area contributed by atoms with Crippen LogP contribution in [-0.4, -0.2) is 73.6 Å². The molecule has 180 valence electrons. The third-order valence-corrected chi connectivity index (χ3v) is 6.10. The summed E-state index contributed by atoms with van der Waals surface area (Å²) in [6.07, 6.45) is -0.688. The fourth-order valence-corrected chi connectivity index (χ4v) is 4.31. The van der Waals surface area contributed by atoms with Crippen LogP contribution < -0.4 is 15.8 Å². The Hall–Kier alpha value is -2.78. The molecule has 1 aliphatic rings. The summed E-state index contributed by atoms with van der Waals surface area (Å²) >= 11 is 6.57. The molecular formula is C23H32ClN5O4.